The van der Waals surface area contributed by atoms with E-state index in [-0.39, 0.29) is 12.6 Å². The Morgan fingerprint density at radius 3 is 2.52 bits per heavy atom. The van der Waals surface area contributed by atoms with Crippen LogP contribution in [0.2, 0.25) is 0 Å². The minimum atomic E-state index is -0.493. The number of hydrogen-bond donors (Lipinski definition) is 2. The van der Waals surface area contributed by atoms with Crippen LogP contribution in [-0.2, 0) is 11.3 Å². The fourth-order valence-electron chi connectivity index (χ4n) is 1.81. The van der Waals surface area contributed by atoms with Crippen molar-refractivity contribution < 1.29 is 14.3 Å². The summed E-state index contributed by atoms with van der Waals surface area (Å²) < 4.78 is 10.4. The molecule has 0 spiro atoms. The predicted molar refractivity (Wildman–Crippen MR) is 88.1 cm³/mol. The van der Waals surface area contributed by atoms with Crippen LogP contribution >= 0.6 is 0 Å². The summed E-state index contributed by atoms with van der Waals surface area (Å²) in [6.45, 7) is 8.77. The molecule has 0 saturated carbocycles. The van der Waals surface area contributed by atoms with Gasteiger partial charge in [-0.2, -0.15) is 5.26 Å². The highest BCUT2D eigenvalue weighted by molar-refractivity contribution is 5.68. The first kappa shape index (κ1) is 18.8. The summed E-state index contributed by atoms with van der Waals surface area (Å²) >= 11 is 0. The molecule has 0 aliphatic rings. The molecule has 1 aromatic rings. The van der Waals surface area contributed by atoms with E-state index in [1.165, 1.54) is 0 Å². The third kappa shape index (κ3) is 8.69. The van der Waals surface area contributed by atoms with Crippen molar-refractivity contribution in [3.63, 3.8) is 0 Å². The maximum atomic E-state index is 11.6. The lowest BCUT2D eigenvalue weighted by atomic mass is 10.2. The van der Waals surface area contributed by atoms with Crippen LogP contribution in [0.25, 0.3) is 0 Å². The molecule has 0 radical (unpaired) electrons. The second-order valence-corrected chi connectivity index (χ2v) is 6.27. The summed E-state index contributed by atoms with van der Waals surface area (Å²) in [5, 5.41) is 14.5. The van der Waals surface area contributed by atoms with Gasteiger partial charge in [0.05, 0.1) is 0 Å². The Morgan fingerprint density at radius 2 is 1.96 bits per heavy atom. The zero-order chi connectivity index (χ0) is 17.3. The maximum Gasteiger partial charge on any atom is 0.407 e. The Balaban J connectivity index is 2.28. The van der Waals surface area contributed by atoms with Crippen molar-refractivity contribution in [3.8, 4) is 11.8 Å². The number of alkyl carbamates (subject to hydrolysis) is 1. The quantitative estimate of drug-likeness (QED) is 0.807. The number of amides is 1. The van der Waals surface area contributed by atoms with Crippen LogP contribution in [0.3, 0.4) is 0 Å². The first-order valence-corrected chi connectivity index (χ1v) is 7.59. The third-order valence-electron chi connectivity index (χ3n) is 2.77. The van der Waals surface area contributed by atoms with Crippen LogP contribution in [0.1, 0.15) is 33.3 Å². The van der Waals surface area contributed by atoms with Gasteiger partial charge < -0.3 is 20.1 Å². The fourth-order valence-corrected chi connectivity index (χ4v) is 1.81. The molecule has 0 heterocycles. The SMILES string of the molecule is CC(CNCc1ccc(OCC#N)cc1)NC(=O)OC(C)(C)C. The lowest BCUT2D eigenvalue weighted by Gasteiger charge is -2.22. The largest absolute Gasteiger partial charge is 0.479 e. The maximum absolute atomic E-state index is 11.6. The number of carbonyl (C=O) groups excluding carboxylic acids is 1. The highest BCUT2D eigenvalue weighted by Crippen LogP contribution is 2.11. The molecule has 1 amide bonds. The van der Waals surface area contributed by atoms with E-state index in [0.29, 0.717) is 18.8 Å². The third-order valence-corrected chi connectivity index (χ3v) is 2.77. The molecule has 0 bridgehead atoms. The standard InChI is InChI=1S/C17H25N3O3/c1-13(20-16(21)23-17(2,3)4)11-19-12-14-5-7-15(8-6-14)22-10-9-18/h5-8,13,19H,10-12H2,1-4H3,(H,20,21). The van der Waals surface area contributed by atoms with Gasteiger partial charge in [0.2, 0.25) is 0 Å². The van der Waals surface area contributed by atoms with Crippen molar-refractivity contribution >= 4 is 6.09 Å². The van der Waals surface area contributed by atoms with Crippen molar-refractivity contribution in [2.45, 2.75) is 45.9 Å². The summed E-state index contributed by atoms with van der Waals surface area (Å²) in [6.07, 6.45) is -0.411. The molecule has 1 aromatic carbocycles. The molecule has 2 N–H and O–H groups in total. The topological polar surface area (TPSA) is 83.4 Å². The molecule has 1 rings (SSSR count). The van der Waals surface area contributed by atoms with Crippen molar-refractivity contribution in [1.82, 2.24) is 10.6 Å². The fraction of sp³-hybridized carbons (Fsp3) is 0.529. The number of carbonyl (C=O) groups is 1. The minimum Gasteiger partial charge on any atom is -0.479 e. The van der Waals surface area contributed by atoms with E-state index in [4.69, 9.17) is 14.7 Å². The average Bonchev–Trinajstić information content (AvgIpc) is 2.44. The first-order valence-electron chi connectivity index (χ1n) is 7.59. The summed E-state index contributed by atoms with van der Waals surface area (Å²) in [6, 6.07) is 9.42. The number of nitrogens with one attached hydrogen (secondary N) is 2. The number of rotatable bonds is 7. The van der Waals surface area contributed by atoms with Gasteiger partial charge >= 0.3 is 6.09 Å². The summed E-state index contributed by atoms with van der Waals surface area (Å²) in [5.41, 5.74) is 0.603. The first-order chi connectivity index (χ1) is 10.8. The molecule has 1 atom stereocenters. The van der Waals surface area contributed by atoms with Crippen LogP contribution in [0.4, 0.5) is 4.79 Å². The van der Waals surface area contributed by atoms with Gasteiger partial charge in [-0.15, -0.1) is 0 Å². The smallest absolute Gasteiger partial charge is 0.407 e. The van der Waals surface area contributed by atoms with Gasteiger partial charge in [0.15, 0.2) is 6.61 Å². The predicted octanol–water partition coefficient (Wildman–Crippen LogP) is 2.59. The zero-order valence-electron chi connectivity index (χ0n) is 14.2. The Kier molecular flexibility index (Phi) is 7.36. The molecule has 0 fully saturated rings. The number of nitrogens with zero attached hydrogens (tertiary/aromatic N) is 1. The van der Waals surface area contributed by atoms with Crippen LogP contribution in [-0.4, -0.2) is 30.9 Å². The van der Waals surface area contributed by atoms with Crippen molar-refractivity contribution in [2.75, 3.05) is 13.2 Å². The van der Waals surface area contributed by atoms with Gasteiger partial charge in [-0.1, -0.05) is 12.1 Å². The lowest BCUT2D eigenvalue weighted by Crippen LogP contribution is -2.42. The van der Waals surface area contributed by atoms with Gasteiger partial charge in [0.1, 0.15) is 17.4 Å². The second-order valence-electron chi connectivity index (χ2n) is 6.27. The van der Waals surface area contributed by atoms with E-state index in [0.717, 1.165) is 5.56 Å². The Labute approximate surface area is 137 Å². The monoisotopic (exact) mass is 319 g/mol. The molecule has 0 aromatic heterocycles. The van der Waals surface area contributed by atoms with Gasteiger partial charge in [-0.05, 0) is 45.4 Å². The van der Waals surface area contributed by atoms with Crippen LogP contribution in [0.15, 0.2) is 24.3 Å². The minimum absolute atomic E-state index is 0.0388. The van der Waals surface area contributed by atoms with E-state index in [9.17, 15) is 4.79 Å². The summed E-state index contributed by atoms with van der Waals surface area (Å²) in [4.78, 5) is 11.6. The molecular weight excluding hydrogens is 294 g/mol. The Bertz CT molecular complexity index is 529. The number of hydrogen-bond acceptors (Lipinski definition) is 5. The molecule has 126 valence electrons. The molecule has 23 heavy (non-hydrogen) atoms. The molecule has 6 nitrogen and oxygen atoms in total. The van der Waals surface area contributed by atoms with Crippen molar-refractivity contribution in [2.24, 2.45) is 0 Å². The van der Waals surface area contributed by atoms with Gasteiger partial charge in [0, 0.05) is 19.1 Å². The molecule has 6 heteroatoms. The van der Waals surface area contributed by atoms with E-state index >= 15 is 0 Å². The van der Waals surface area contributed by atoms with Gasteiger partial charge in [0.25, 0.3) is 0 Å². The van der Waals surface area contributed by atoms with E-state index in [1.54, 1.807) is 0 Å². The molecule has 0 aliphatic carbocycles. The van der Waals surface area contributed by atoms with E-state index in [2.05, 4.69) is 10.6 Å². The normalized spacial score (nSPS) is 12.1. The summed E-state index contributed by atoms with van der Waals surface area (Å²) in [5.74, 6) is 0.676. The molecule has 1 unspecified atom stereocenters. The number of ether oxygens (including phenoxy) is 2. The highest BCUT2D eigenvalue weighted by Gasteiger charge is 2.17. The van der Waals surface area contributed by atoms with Crippen LogP contribution in [0, 0.1) is 11.3 Å². The lowest BCUT2D eigenvalue weighted by molar-refractivity contribution is 0.0508. The number of benzene rings is 1. The van der Waals surface area contributed by atoms with Gasteiger partial charge in [-0.25, -0.2) is 4.79 Å². The molecule has 0 aliphatic heterocycles. The average molecular weight is 319 g/mol. The summed E-state index contributed by atoms with van der Waals surface area (Å²) in [7, 11) is 0. The molecular formula is C17H25N3O3. The van der Waals surface area contributed by atoms with Crippen molar-refractivity contribution in [3.05, 3.63) is 29.8 Å². The van der Waals surface area contributed by atoms with E-state index < -0.39 is 11.7 Å². The Morgan fingerprint density at radius 1 is 1.30 bits per heavy atom. The van der Waals surface area contributed by atoms with Gasteiger partial charge in [-0.3, -0.25) is 0 Å². The van der Waals surface area contributed by atoms with Crippen LogP contribution in [0.5, 0.6) is 5.75 Å². The zero-order valence-corrected chi connectivity index (χ0v) is 14.2. The highest BCUT2D eigenvalue weighted by atomic mass is 16.6. The van der Waals surface area contributed by atoms with E-state index in [1.807, 2.05) is 58.0 Å². The van der Waals surface area contributed by atoms with Crippen molar-refractivity contribution in [1.29, 1.82) is 5.26 Å². The number of nitriles is 1. The Hall–Kier alpha value is -2.26. The second kappa shape index (κ2) is 9.01. The van der Waals surface area contributed by atoms with Crippen LogP contribution < -0.4 is 15.4 Å². The molecule has 0 saturated heterocycles.